The van der Waals surface area contributed by atoms with E-state index >= 15 is 0 Å². The van der Waals surface area contributed by atoms with Gasteiger partial charge in [-0.1, -0.05) is 12.1 Å². The molecule has 1 atom stereocenters. The molecule has 3 rings (SSSR count). The highest BCUT2D eigenvalue weighted by atomic mass is 16.5. The van der Waals surface area contributed by atoms with Crippen LogP contribution in [0.1, 0.15) is 17.5 Å². The Labute approximate surface area is 122 Å². The fourth-order valence-corrected chi connectivity index (χ4v) is 3.46. The minimum absolute atomic E-state index is 0.858. The van der Waals surface area contributed by atoms with Crippen LogP contribution >= 0.6 is 0 Å². The number of likely N-dealkylation sites (tertiary alicyclic amines) is 1. The van der Waals surface area contributed by atoms with Crippen LogP contribution in [-0.4, -0.2) is 56.7 Å². The lowest BCUT2D eigenvalue weighted by molar-refractivity contribution is 0.293. The summed E-state index contributed by atoms with van der Waals surface area (Å²) < 4.78 is 5.57. The summed E-state index contributed by atoms with van der Waals surface area (Å²) in [5.74, 6) is 1.96. The average molecular weight is 274 g/mol. The van der Waals surface area contributed by atoms with Gasteiger partial charge in [0.15, 0.2) is 0 Å². The molecular weight excluding hydrogens is 248 g/mol. The van der Waals surface area contributed by atoms with E-state index in [4.69, 9.17) is 4.74 Å². The largest absolute Gasteiger partial charge is 0.493 e. The average Bonchev–Trinajstić information content (AvgIpc) is 3.03. The van der Waals surface area contributed by atoms with Crippen LogP contribution in [0.15, 0.2) is 18.2 Å². The lowest BCUT2D eigenvalue weighted by Crippen LogP contribution is -2.27. The van der Waals surface area contributed by atoms with Gasteiger partial charge in [-0.15, -0.1) is 0 Å². The second kappa shape index (κ2) is 6.15. The van der Waals surface area contributed by atoms with Crippen molar-refractivity contribution in [1.82, 2.24) is 9.80 Å². The molecule has 2 aliphatic heterocycles. The molecule has 1 unspecified atom stereocenters. The Morgan fingerprint density at radius 3 is 3.10 bits per heavy atom. The molecule has 0 N–H and O–H groups in total. The fraction of sp³-hybridized carbons (Fsp3) is 0.647. The van der Waals surface area contributed by atoms with Gasteiger partial charge in [-0.3, -0.25) is 0 Å². The first kappa shape index (κ1) is 13.9. The van der Waals surface area contributed by atoms with Crippen LogP contribution in [-0.2, 0) is 12.8 Å². The van der Waals surface area contributed by atoms with Crippen molar-refractivity contribution in [3.8, 4) is 5.75 Å². The fourth-order valence-electron chi connectivity index (χ4n) is 3.46. The molecule has 0 bridgehead atoms. The quantitative estimate of drug-likeness (QED) is 0.817. The van der Waals surface area contributed by atoms with Gasteiger partial charge >= 0.3 is 0 Å². The third-order valence-electron chi connectivity index (χ3n) is 4.46. The van der Waals surface area contributed by atoms with E-state index in [9.17, 15) is 0 Å². The van der Waals surface area contributed by atoms with Crippen LogP contribution in [0.2, 0.25) is 0 Å². The zero-order valence-electron chi connectivity index (χ0n) is 12.8. The third-order valence-corrected chi connectivity index (χ3v) is 4.46. The number of nitrogens with zero attached hydrogens (tertiary/aromatic N) is 2. The first-order valence-corrected chi connectivity index (χ1v) is 7.82. The molecule has 1 saturated heterocycles. The Hall–Kier alpha value is -1.06. The number of fused-ring (bicyclic) bond motifs is 1. The van der Waals surface area contributed by atoms with Crippen LogP contribution in [0.25, 0.3) is 0 Å². The van der Waals surface area contributed by atoms with Gasteiger partial charge in [0.1, 0.15) is 5.75 Å². The maximum Gasteiger partial charge on any atom is 0.122 e. The second-order valence-corrected chi connectivity index (χ2v) is 6.51. The summed E-state index contributed by atoms with van der Waals surface area (Å²) >= 11 is 0. The molecule has 1 aromatic rings. The first-order chi connectivity index (χ1) is 9.70. The molecule has 2 heterocycles. The maximum atomic E-state index is 5.57. The minimum Gasteiger partial charge on any atom is -0.493 e. The van der Waals surface area contributed by atoms with Crippen molar-refractivity contribution in [3.63, 3.8) is 0 Å². The van der Waals surface area contributed by atoms with Crippen LogP contribution in [0.4, 0.5) is 0 Å². The van der Waals surface area contributed by atoms with E-state index in [2.05, 4.69) is 42.1 Å². The third kappa shape index (κ3) is 3.33. The number of ether oxygens (including phenoxy) is 1. The minimum atomic E-state index is 0.858. The molecule has 0 amide bonds. The lowest BCUT2D eigenvalue weighted by atomic mass is 10.1. The number of rotatable bonds is 5. The van der Waals surface area contributed by atoms with Crippen molar-refractivity contribution in [2.75, 3.05) is 46.9 Å². The molecule has 0 aromatic heterocycles. The molecule has 110 valence electrons. The van der Waals surface area contributed by atoms with Gasteiger partial charge in [-0.25, -0.2) is 0 Å². The smallest absolute Gasteiger partial charge is 0.122 e. The summed E-state index contributed by atoms with van der Waals surface area (Å²) in [6, 6.07) is 6.73. The molecule has 0 aliphatic carbocycles. The van der Waals surface area contributed by atoms with E-state index in [1.165, 1.54) is 50.1 Å². The van der Waals surface area contributed by atoms with Gasteiger partial charge in [-0.05, 0) is 56.6 Å². The van der Waals surface area contributed by atoms with Crippen molar-refractivity contribution in [3.05, 3.63) is 29.3 Å². The molecule has 0 spiro atoms. The molecule has 3 heteroatoms. The molecule has 20 heavy (non-hydrogen) atoms. The molecule has 1 aromatic carbocycles. The van der Waals surface area contributed by atoms with Gasteiger partial charge in [0.05, 0.1) is 6.61 Å². The summed E-state index contributed by atoms with van der Waals surface area (Å²) in [4.78, 5) is 4.94. The van der Waals surface area contributed by atoms with E-state index < -0.39 is 0 Å². The van der Waals surface area contributed by atoms with E-state index in [1.54, 1.807) is 0 Å². The Balaban J connectivity index is 1.48. The van der Waals surface area contributed by atoms with E-state index in [0.29, 0.717) is 0 Å². The molecule has 3 nitrogen and oxygen atoms in total. The standard InChI is InChI=1S/C17H26N2O/c1-18(2)12-15-6-9-19(13-15)8-5-14-3-4-17-16(11-14)7-10-20-17/h3-4,11,15H,5-10,12-13H2,1-2H3. The summed E-state index contributed by atoms with van der Waals surface area (Å²) in [6.07, 6.45) is 3.61. The van der Waals surface area contributed by atoms with Gasteiger partial charge < -0.3 is 14.5 Å². The van der Waals surface area contributed by atoms with Crippen molar-refractivity contribution in [2.45, 2.75) is 19.3 Å². The highest BCUT2D eigenvalue weighted by Gasteiger charge is 2.22. The summed E-state index contributed by atoms with van der Waals surface area (Å²) in [6.45, 7) is 5.83. The Kier molecular flexibility index (Phi) is 4.27. The molecule has 0 radical (unpaired) electrons. The number of hydrogen-bond donors (Lipinski definition) is 0. The van der Waals surface area contributed by atoms with Gasteiger partial charge in [0.2, 0.25) is 0 Å². The Morgan fingerprint density at radius 1 is 1.35 bits per heavy atom. The molecule has 2 aliphatic rings. The normalized spacial score (nSPS) is 22.2. The summed E-state index contributed by atoms with van der Waals surface area (Å²) in [7, 11) is 4.35. The van der Waals surface area contributed by atoms with Gasteiger partial charge in [-0.2, -0.15) is 0 Å². The predicted molar refractivity (Wildman–Crippen MR) is 82.4 cm³/mol. The monoisotopic (exact) mass is 274 g/mol. The molecule has 0 saturated carbocycles. The first-order valence-electron chi connectivity index (χ1n) is 7.82. The molecule has 1 fully saturated rings. The van der Waals surface area contributed by atoms with Crippen LogP contribution in [0, 0.1) is 5.92 Å². The zero-order valence-corrected chi connectivity index (χ0v) is 12.8. The van der Waals surface area contributed by atoms with Gasteiger partial charge in [0.25, 0.3) is 0 Å². The van der Waals surface area contributed by atoms with E-state index in [1.807, 2.05) is 0 Å². The van der Waals surface area contributed by atoms with Crippen molar-refractivity contribution in [2.24, 2.45) is 5.92 Å². The Morgan fingerprint density at radius 2 is 2.25 bits per heavy atom. The summed E-state index contributed by atoms with van der Waals surface area (Å²) in [5, 5.41) is 0. The van der Waals surface area contributed by atoms with Crippen LogP contribution < -0.4 is 4.74 Å². The van der Waals surface area contributed by atoms with Crippen LogP contribution in [0.5, 0.6) is 5.75 Å². The van der Waals surface area contributed by atoms with E-state index in [0.717, 1.165) is 24.7 Å². The summed E-state index contributed by atoms with van der Waals surface area (Å²) in [5.41, 5.74) is 2.86. The van der Waals surface area contributed by atoms with Gasteiger partial charge in [0, 0.05) is 26.1 Å². The zero-order chi connectivity index (χ0) is 13.9. The topological polar surface area (TPSA) is 15.7 Å². The SMILES string of the molecule is CN(C)CC1CCN(CCc2ccc3c(c2)CCO3)C1. The van der Waals surface area contributed by atoms with Crippen molar-refractivity contribution >= 4 is 0 Å². The number of benzene rings is 1. The van der Waals surface area contributed by atoms with E-state index in [-0.39, 0.29) is 0 Å². The van der Waals surface area contributed by atoms with Crippen LogP contribution in [0.3, 0.4) is 0 Å². The highest BCUT2D eigenvalue weighted by Crippen LogP contribution is 2.26. The highest BCUT2D eigenvalue weighted by molar-refractivity contribution is 5.39. The lowest BCUT2D eigenvalue weighted by Gasteiger charge is -2.18. The van der Waals surface area contributed by atoms with Crippen molar-refractivity contribution in [1.29, 1.82) is 0 Å². The predicted octanol–water partition coefficient (Wildman–Crippen LogP) is 2.05. The van der Waals surface area contributed by atoms with Crippen molar-refractivity contribution < 1.29 is 4.74 Å². The molecular formula is C17H26N2O. The second-order valence-electron chi connectivity index (χ2n) is 6.51. The number of hydrogen-bond acceptors (Lipinski definition) is 3. The Bertz CT molecular complexity index is 458. The maximum absolute atomic E-state index is 5.57.